The van der Waals surface area contributed by atoms with Gasteiger partial charge in [-0.3, -0.25) is 4.79 Å². The SMILES string of the molecule is Cc1ccc(Nc2nc(COC(=O)CCc3c(C)noc3C)cs2)cc1. The Bertz CT molecular complexity index is 864. The first-order valence-corrected chi connectivity index (χ1v) is 9.24. The summed E-state index contributed by atoms with van der Waals surface area (Å²) in [5.74, 6) is 0.493. The Morgan fingerprint density at radius 3 is 2.69 bits per heavy atom. The smallest absolute Gasteiger partial charge is 0.306 e. The molecule has 6 nitrogen and oxygen atoms in total. The van der Waals surface area contributed by atoms with E-state index < -0.39 is 0 Å². The highest BCUT2D eigenvalue weighted by atomic mass is 32.1. The van der Waals surface area contributed by atoms with Crippen molar-refractivity contribution in [1.29, 1.82) is 0 Å². The van der Waals surface area contributed by atoms with Crippen LogP contribution in [0.15, 0.2) is 34.2 Å². The number of hydrogen-bond acceptors (Lipinski definition) is 7. The topological polar surface area (TPSA) is 77.3 Å². The van der Waals surface area contributed by atoms with Crippen molar-refractivity contribution in [3.05, 3.63) is 57.9 Å². The molecule has 0 bridgehead atoms. The Labute approximate surface area is 156 Å². The van der Waals surface area contributed by atoms with E-state index in [0.29, 0.717) is 12.8 Å². The molecule has 0 radical (unpaired) electrons. The predicted octanol–water partition coefficient (Wildman–Crippen LogP) is 4.48. The lowest BCUT2D eigenvalue weighted by atomic mass is 10.1. The summed E-state index contributed by atoms with van der Waals surface area (Å²) in [6, 6.07) is 8.09. The summed E-state index contributed by atoms with van der Waals surface area (Å²) in [6.07, 6.45) is 0.860. The van der Waals surface area contributed by atoms with E-state index in [4.69, 9.17) is 9.26 Å². The molecule has 3 aromatic rings. The van der Waals surface area contributed by atoms with Crippen LogP contribution >= 0.6 is 11.3 Å². The summed E-state index contributed by atoms with van der Waals surface area (Å²) in [6.45, 7) is 5.94. The highest BCUT2D eigenvalue weighted by Crippen LogP contribution is 2.22. The van der Waals surface area contributed by atoms with E-state index >= 15 is 0 Å². The van der Waals surface area contributed by atoms with Crippen LogP contribution in [-0.2, 0) is 22.6 Å². The number of nitrogens with zero attached hydrogens (tertiary/aromatic N) is 2. The molecule has 0 spiro atoms. The molecule has 136 valence electrons. The highest BCUT2D eigenvalue weighted by molar-refractivity contribution is 7.13. The van der Waals surface area contributed by atoms with Gasteiger partial charge in [0.25, 0.3) is 0 Å². The average molecular weight is 371 g/mol. The van der Waals surface area contributed by atoms with Gasteiger partial charge in [0.15, 0.2) is 5.13 Å². The molecule has 7 heteroatoms. The number of ether oxygens (including phenoxy) is 1. The second-order valence-electron chi connectivity index (χ2n) is 6.10. The van der Waals surface area contributed by atoms with Crippen LogP contribution in [0.25, 0.3) is 0 Å². The van der Waals surface area contributed by atoms with Gasteiger partial charge >= 0.3 is 5.97 Å². The minimum atomic E-state index is -0.258. The maximum absolute atomic E-state index is 12.0. The second kappa shape index (κ2) is 8.14. The molecule has 0 saturated carbocycles. The molecule has 0 atom stereocenters. The molecule has 0 amide bonds. The molecular weight excluding hydrogens is 350 g/mol. The van der Waals surface area contributed by atoms with Gasteiger partial charge in [0.05, 0.1) is 11.4 Å². The van der Waals surface area contributed by atoms with Crippen LogP contribution in [-0.4, -0.2) is 16.1 Å². The Kier molecular flexibility index (Phi) is 5.68. The van der Waals surface area contributed by atoms with Crippen molar-refractivity contribution in [2.75, 3.05) is 5.32 Å². The first-order chi connectivity index (χ1) is 12.5. The normalized spacial score (nSPS) is 10.7. The largest absolute Gasteiger partial charge is 0.459 e. The molecule has 0 fully saturated rings. The number of hydrogen-bond donors (Lipinski definition) is 1. The molecule has 0 aliphatic heterocycles. The Morgan fingerprint density at radius 1 is 1.23 bits per heavy atom. The predicted molar refractivity (Wildman–Crippen MR) is 101 cm³/mol. The number of thiazole rings is 1. The van der Waals surface area contributed by atoms with Gasteiger partial charge in [0.2, 0.25) is 0 Å². The third-order valence-electron chi connectivity index (χ3n) is 4.00. The zero-order valence-corrected chi connectivity index (χ0v) is 15.9. The monoisotopic (exact) mass is 371 g/mol. The molecule has 0 unspecified atom stereocenters. The quantitative estimate of drug-likeness (QED) is 0.617. The molecule has 1 aromatic carbocycles. The Morgan fingerprint density at radius 2 is 2.00 bits per heavy atom. The van der Waals surface area contributed by atoms with E-state index in [1.807, 2.05) is 50.4 Å². The van der Waals surface area contributed by atoms with E-state index in [9.17, 15) is 4.79 Å². The van der Waals surface area contributed by atoms with Crippen molar-refractivity contribution < 1.29 is 14.1 Å². The third kappa shape index (κ3) is 4.70. The molecule has 3 rings (SSSR count). The van der Waals surface area contributed by atoms with Crippen LogP contribution in [0.1, 0.15) is 34.7 Å². The summed E-state index contributed by atoms with van der Waals surface area (Å²) in [5, 5.41) is 9.79. The number of aromatic nitrogens is 2. The molecule has 2 heterocycles. The van der Waals surface area contributed by atoms with Crippen molar-refractivity contribution in [3.63, 3.8) is 0 Å². The Hall–Kier alpha value is -2.67. The van der Waals surface area contributed by atoms with Crippen molar-refractivity contribution >= 4 is 28.1 Å². The first-order valence-electron chi connectivity index (χ1n) is 8.36. The van der Waals surface area contributed by atoms with Gasteiger partial charge in [-0.05, 0) is 39.3 Å². The third-order valence-corrected chi connectivity index (χ3v) is 4.80. The number of carbonyl (C=O) groups is 1. The summed E-state index contributed by atoms with van der Waals surface area (Å²) < 4.78 is 10.4. The molecule has 0 aliphatic rings. The number of carbonyl (C=O) groups excluding carboxylic acids is 1. The molecule has 2 aromatic heterocycles. The van der Waals surface area contributed by atoms with Crippen LogP contribution in [0.2, 0.25) is 0 Å². The van der Waals surface area contributed by atoms with E-state index in [2.05, 4.69) is 15.5 Å². The lowest BCUT2D eigenvalue weighted by Crippen LogP contribution is -2.06. The Balaban J connectivity index is 1.47. The minimum absolute atomic E-state index is 0.173. The average Bonchev–Trinajstić information content (AvgIpc) is 3.20. The fourth-order valence-corrected chi connectivity index (χ4v) is 3.22. The van der Waals surface area contributed by atoms with Crippen LogP contribution < -0.4 is 5.32 Å². The van der Waals surface area contributed by atoms with Gasteiger partial charge in [-0.15, -0.1) is 11.3 Å². The lowest BCUT2D eigenvalue weighted by molar-refractivity contribution is -0.145. The van der Waals surface area contributed by atoms with Crippen molar-refractivity contribution in [1.82, 2.24) is 10.1 Å². The molecule has 1 N–H and O–H groups in total. The van der Waals surface area contributed by atoms with Gasteiger partial charge in [-0.1, -0.05) is 22.9 Å². The van der Waals surface area contributed by atoms with Gasteiger partial charge in [0.1, 0.15) is 12.4 Å². The van der Waals surface area contributed by atoms with Crippen molar-refractivity contribution in [2.45, 2.75) is 40.2 Å². The number of esters is 1. The van der Waals surface area contributed by atoms with E-state index in [1.54, 1.807) is 0 Å². The number of benzene rings is 1. The highest BCUT2D eigenvalue weighted by Gasteiger charge is 2.12. The van der Waals surface area contributed by atoms with E-state index in [0.717, 1.165) is 33.5 Å². The van der Waals surface area contributed by atoms with Crippen molar-refractivity contribution in [2.24, 2.45) is 0 Å². The molecule has 26 heavy (non-hydrogen) atoms. The number of rotatable bonds is 7. The van der Waals surface area contributed by atoms with Gasteiger partial charge in [-0.25, -0.2) is 4.98 Å². The standard InChI is InChI=1S/C19H21N3O3S/c1-12-4-6-15(7-5-12)20-19-21-16(11-26-19)10-24-18(23)9-8-17-13(2)22-25-14(17)3/h4-7,11H,8-10H2,1-3H3,(H,20,21). The first kappa shape index (κ1) is 18.1. The van der Waals surface area contributed by atoms with Crippen LogP contribution in [0.4, 0.5) is 10.8 Å². The van der Waals surface area contributed by atoms with Gasteiger partial charge < -0.3 is 14.6 Å². The van der Waals surface area contributed by atoms with E-state index in [1.165, 1.54) is 16.9 Å². The molecule has 0 saturated heterocycles. The van der Waals surface area contributed by atoms with Crippen molar-refractivity contribution in [3.8, 4) is 0 Å². The van der Waals surface area contributed by atoms with Gasteiger partial charge in [-0.2, -0.15) is 0 Å². The number of aryl methyl sites for hydroxylation is 3. The van der Waals surface area contributed by atoms with Crippen LogP contribution in [0, 0.1) is 20.8 Å². The van der Waals surface area contributed by atoms with Gasteiger partial charge in [0, 0.05) is 23.1 Å². The summed E-state index contributed by atoms with van der Waals surface area (Å²) >= 11 is 1.48. The minimum Gasteiger partial charge on any atom is -0.459 e. The maximum Gasteiger partial charge on any atom is 0.306 e. The maximum atomic E-state index is 12.0. The summed E-state index contributed by atoms with van der Waals surface area (Å²) in [4.78, 5) is 16.4. The number of anilines is 2. The summed E-state index contributed by atoms with van der Waals surface area (Å²) in [7, 11) is 0. The lowest BCUT2D eigenvalue weighted by Gasteiger charge is -2.04. The fourth-order valence-electron chi connectivity index (χ4n) is 2.50. The second-order valence-corrected chi connectivity index (χ2v) is 6.96. The van der Waals surface area contributed by atoms with E-state index in [-0.39, 0.29) is 12.6 Å². The summed E-state index contributed by atoms with van der Waals surface area (Å²) in [5.41, 5.74) is 4.71. The molecular formula is C19H21N3O3S. The zero-order chi connectivity index (χ0) is 18.5. The molecule has 0 aliphatic carbocycles. The fraction of sp³-hybridized carbons (Fsp3) is 0.316. The number of nitrogens with one attached hydrogen (secondary N) is 1. The van der Waals surface area contributed by atoms with Crippen LogP contribution in [0.3, 0.4) is 0 Å². The zero-order valence-electron chi connectivity index (χ0n) is 15.0. The van der Waals surface area contributed by atoms with Crippen LogP contribution in [0.5, 0.6) is 0 Å².